The highest BCUT2D eigenvalue weighted by Crippen LogP contribution is 2.26. The molecule has 0 atom stereocenters. The molecule has 3 N–H and O–H groups in total. The Bertz CT molecular complexity index is 1350. The minimum absolute atomic E-state index is 0.140. The van der Waals surface area contributed by atoms with Crippen molar-refractivity contribution in [3.63, 3.8) is 0 Å². The molecule has 3 heterocycles. The summed E-state index contributed by atoms with van der Waals surface area (Å²) in [6.45, 7) is 1.90. The van der Waals surface area contributed by atoms with Gasteiger partial charge in [0.05, 0.1) is 30.2 Å². The highest BCUT2D eigenvalue weighted by Gasteiger charge is 2.36. The second-order valence-corrected chi connectivity index (χ2v) is 8.17. The molecule has 8 nitrogen and oxygen atoms in total. The molecule has 0 spiro atoms. The van der Waals surface area contributed by atoms with Gasteiger partial charge in [0.2, 0.25) is 0 Å². The largest absolute Gasteiger partial charge is 0.485 e. The highest BCUT2D eigenvalue weighted by atomic mass is 19.1. The van der Waals surface area contributed by atoms with Gasteiger partial charge in [-0.15, -0.1) is 0 Å². The van der Waals surface area contributed by atoms with Gasteiger partial charge in [-0.1, -0.05) is 12.1 Å². The molecule has 0 fully saturated rings. The topological polar surface area (TPSA) is 109 Å². The Morgan fingerprint density at radius 3 is 2.43 bits per heavy atom. The number of ether oxygens (including phenoxy) is 1. The smallest absolute Gasteiger partial charge is 0.271 e. The van der Waals surface area contributed by atoms with E-state index >= 15 is 0 Å². The summed E-state index contributed by atoms with van der Waals surface area (Å²) in [5.41, 5.74) is 0.168. The Balaban J connectivity index is 1.66. The Hall–Kier alpha value is -3.89. The molecule has 0 unspecified atom stereocenters. The molecule has 1 aromatic carbocycles. The third-order valence-electron chi connectivity index (χ3n) is 5.73. The molecular weight excluding hydrogens is 458 g/mol. The van der Waals surface area contributed by atoms with Crippen molar-refractivity contribution < 1.29 is 28.5 Å². The molecule has 0 aliphatic rings. The lowest BCUT2D eigenvalue weighted by Crippen LogP contribution is -2.52. The van der Waals surface area contributed by atoms with Crippen LogP contribution in [0.1, 0.15) is 33.0 Å². The number of imidazole rings is 1. The van der Waals surface area contributed by atoms with E-state index in [1.54, 1.807) is 43.6 Å². The maximum atomic E-state index is 14.0. The van der Waals surface area contributed by atoms with Crippen LogP contribution in [0.15, 0.2) is 54.9 Å². The molecule has 10 heteroatoms. The van der Waals surface area contributed by atoms with Gasteiger partial charge in [0.15, 0.2) is 11.4 Å². The second-order valence-electron chi connectivity index (χ2n) is 8.17. The van der Waals surface area contributed by atoms with Crippen LogP contribution in [-0.4, -0.2) is 43.7 Å². The molecule has 0 aliphatic carbocycles. The van der Waals surface area contributed by atoms with Crippen LogP contribution >= 0.6 is 0 Å². The minimum Gasteiger partial charge on any atom is -0.485 e. The van der Waals surface area contributed by atoms with E-state index in [1.165, 1.54) is 10.5 Å². The van der Waals surface area contributed by atoms with Crippen molar-refractivity contribution in [3.8, 4) is 5.75 Å². The van der Waals surface area contributed by atoms with Crippen LogP contribution in [-0.2, 0) is 12.1 Å². The summed E-state index contributed by atoms with van der Waals surface area (Å²) >= 11 is 0. The molecule has 0 bridgehead atoms. The lowest BCUT2D eigenvalue weighted by molar-refractivity contribution is 0.0637. The van der Waals surface area contributed by atoms with Gasteiger partial charge in [0.1, 0.15) is 29.5 Å². The first-order valence-electron chi connectivity index (χ1n) is 10.8. The fourth-order valence-electron chi connectivity index (χ4n) is 3.74. The Morgan fingerprint density at radius 1 is 1.09 bits per heavy atom. The highest BCUT2D eigenvalue weighted by molar-refractivity contribution is 5.95. The van der Waals surface area contributed by atoms with Crippen molar-refractivity contribution in [1.82, 2.24) is 19.7 Å². The van der Waals surface area contributed by atoms with Gasteiger partial charge in [0, 0.05) is 12.4 Å². The number of benzene rings is 1. The molecule has 0 saturated carbocycles. The summed E-state index contributed by atoms with van der Waals surface area (Å²) in [5.74, 6) is -1.86. The minimum atomic E-state index is -1.53. The first-order chi connectivity index (χ1) is 16.8. The monoisotopic (exact) mass is 482 g/mol. The number of amides is 1. The number of aryl methyl sites for hydroxylation is 2. The zero-order chi connectivity index (χ0) is 25.2. The van der Waals surface area contributed by atoms with Gasteiger partial charge in [-0.2, -0.15) is 0 Å². The van der Waals surface area contributed by atoms with E-state index in [9.17, 15) is 23.8 Å². The van der Waals surface area contributed by atoms with Gasteiger partial charge in [-0.05, 0) is 49.7 Å². The van der Waals surface area contributed by atoms with Gasteiger partial charge in [-0.25, -0.2) is 13.8 Å². The molecule has 1 amide bonds. The summed E-state index contributed by atoms with van der Waals surface area (Å²) in [6.07, 6.45) is 3.16. The van der Waals surface area contributed by atoms with Crippen molar-refractivity contribution >= 4 is 11.6 Å². The fraction of sp³-hybridized carbons (Fsp3) is 0.240. The average molecular weight is 482 g/mol. The fourth-order valence-corrected chi connectivity index (χ4v) is 3.74. The summed E-state index contributed by atoms with van der Waals surface area (Å²) < 4.78 is 35.1. The van der Waals surface area contributed by atoms with E-state index in [2.05, 4.69) is 15.3 Å². The van der Waals surface area contributed by atoms with E-state index in [4.69, 9.17) is 4.74 Å². The van der Waals surface area contributed by atoms with Crippen LogP contribution in [0.4, 0.5) is 8.78 Å². The van der Waals surface area contributed by atoms with Crippen LogP contribution in [0.5, 0.6) is 5.75 Å². The molecular formula is C25H24F2N4O4. The number of carbonyl (C=O) groups excluding carboxylic acids is 1. The number of aliphatic hydroxyl groups excluding tert-OH is 2. The molecule has 0 saturated heterocycles. The Kier molecular flexibility index (Phi) is 6.77. The third-order valence-corrected chi connectivity index (χ3v) is 5.73. The van der Waals surface area contributed by atoms with Crippen molar-refractivity contribution in [2.45, 2.75) is 26.0 Å². The standard InChI is InChI=1S/C25H24F2N4O4/c1-15-8-9-21(28-11-15)25(13-32,14-33)30-24(34)22-16(2)29-23-20(7-4-10-31(22)23)35-12-17-18(26)5-3-6-19(17)27/h3-11,32-33H,12-14H2,1-2H3,(H,30,34). The van der Waals surface area contributed by atoms with Gasteiger partial charge < -0.3 is 20.3 Å². The maximum absolute atomic E-state index is 14.0. The molecule has 3 aromatic heterocycles. The van der Waals surface area contributed by atoms with Crippen molar-refractivity contribution in [1.29, 1.82) is 0 Å². The van der Waals surface area contributed by atoms with E-state index < -0.39 is 36.3 Å². The summed E-state index contributed by atoms with van der Waals surface area (Å²) in [6, 6.07) is 10.1. The number of hydrogen-bond acceptors (Lipinski definition) is 6. The first kappa shape index (κ1) is 24.2. The van der Waals surface area contributed by atoms with Gasteiger partial charge in [-0.3, -0.25) is 14.2 Å². The van der Waals surface area contributed by atoms with Crippen LogP contribution in [0.3, 0.4) is 0 Å². The molecule has 0 radical (unpaired) electrons. The summed E-state index contributed by atoms with van der Waals surface area (Å²) in [5, 5.41) is 22.8. The number of hydrogen-bond donors (Lipinski definition) is 3. The maximum Gasteiger partial charge on any atom is 0.271 e. The lowest BCUT2D eigenvalue weighted by atomic mass is 9.95. The number of halogens is 2. The van der Waals surface area contributed by atoms with E-state index in [0.29, 0.717) is 11.4 Å². The molecule has 35 heavy (non-hydrogen) atoms. The van der Waals surface area contributed by atoms with Crippen molar-refractivity contribution in [2.75, 3.05) is 13.2 Å². The Morgan fingerprint density at radius 2 is 1.80 bits per heavy atom. The van der Waals surface area contributed by atoms with Crippen LogP contribution in [0.25, 0.3) is 5.65 Å². The number of nitrogens with zero attached hydrogens (tertiary/aromatic N) is 3. The molecule has 182 valence electrons. The normalized spacial score (nSPS) is 11.6. The number of nitrogens with one attached hydrogen (secondary N) is 1. The SMILES string of the molecule is Cc1ccc(C(CO)(CO)NC(=O)c2c(C)nc3c(OCc4c(F)cccc4F)cccn23)nc1. The van der Waals surface area contributed by atoms with Crippen LogP contribution in [0.2, 0.25) is 0 Å². The summed E-state index contributed by atoms with van der Waals surface area (Å²) in [4.78, 5) is 22.0. The van der Waals surface area contributed by atoms with Gasteiger partial charge in [0.25, 0.3) is 5.91 Å². The number of aliphatic hydroxyl groups is 2. The van der Waals surface area contributed by atoms with E-state index in [1.807, 2.05) is 6.92 Å². The number of fused-ring (bicyclic) bond motifs is 1. The zero-order valence-corrected chi connectivity index (χ0v) is 19.1. The molecule has 4 aromatic rings. The van der Waals surface area contributed by atoms with Crippen molar-refractivity contribution in [2.24, 2.45) is 0 Å². The number of pyridine rings is 2. The lowest BCUT2D eigenvalue weighted by Gasteiger charge is -2.30. The average Bonchev–Trinajstić information content (AvgIpc) is 3.19. The zero-order valence-electron chi connectivity index (χ0n) is 19.1. The molecule has 4 rings (SSSR count). The number of rotatable bonds is 8. The molecule has 0 aliphatic heterocycles. The quantitative estimate of drug-likeness (QED) is 0.356. The van der Waals surface area contributed by atoms with E-state index in [-0.39, 0.29) is 29.3 Å². The number of aromatic nitrogens is 3. The first-order valence-corrected chi connectivity index (χ1v) is 10.8. The second kappa shape index (κ2) is 9.77. The third kappa shape index (κ3) is 4.58. The predicted molar refractivity (Wildman–Crippen MR) is 123 cm³/mol. The Labute approximate surface area is 199 Å². The van der Waals surface area contributed by atoms with E-state index in [0.717, 1.165) is 17.7 Å². The number of carbonyl (C=O) groups is 1. The van der Waals surface area contributed by atoms with Crippen LogP contribution < -0.4 is 10.1 Å². The van der Waals surface area contributed by atoms with Crippen LogP contribution in [0, 0.1) is 25.5 Å². The van der Waals surface area contributed by atoms with Gasteiger partial charge >= 0.3 is 0 Å². The predicted octanol–water partition coefficient (Wildman–Crippen LogP) is 2.81. The van der Waals surface area contributed by atoms with Crippen molar-refractivity contribution in [3.05, 3.63) is 94.7 Å². The summed E-state index contributed by atoms with van der Waals surface area (Å²) in [7, 11) is 0.